The number of hydrogen-bond donors (Lipinski definition) is 1. The van der Waals surface area contributed by atoms with Crippen molar-refractivity contribution in [3.05, 3.63) is 17.5 Å². The molecule has 0 spiro atoms. The zero-order valence-corrected chi connectivity index (χ0v) is 13.4. The van der Waals surface area contributed by atoms with E-state index in [9.17, 15) is 4.79 Å². The highest BCUT2D eigenvalue weighted by Gasteiger charge is 2.49. The number of thioether (sulfide) groups is 1. The normalized spacial score (nSPS) is 29.6. The third-order valence-corrected chi connectivity index (χ3v) is 6.31. The van der Waals surface area contributed by atoms with Gasteiger partial charge in [-0.05, 0) is 50.5 Å². The first-order valence-corrected chi connectivity index (χ1v) is 9.13. The molecule has 20 heavy (non-hydrogen) atoms. The van der Waals surface area contributed by atoms with Gasteiger partial charge in [0.25, 0.3) is 0 Å². The summed E-state index contributed by atoms with van der Waals surface area (Å²) in [4.78, 5) is 12.4. The minimum Gasteiger partial charge on any atom is -0.465 e. The molecule has 5 heteroatoms. The van der Waals surface area contributed by atoms with Crippen LogP contribution in [0.4, 0.5) is 0 Å². The van der Waals surface area contributed by atoms with E-state index in [1.54, 1.807) is 11.3 Å². The van der Waals surface area contributed by atoms with Gasteiger partial charge in [0.15, 0.2) is 0 Å². The summed E-state index contributed by atoms with van der Waals surface area (Å²) in [7, 11) is 0. The number of rotatable bonds is 6. The highest BCUT2D eigenvalue weighted by Crippen LogP contribution is 2.43. The number of ether oxygens (including phenoxy) is 1. The lowest BCUT2D eigenvalue weighted by molar-refractivity contribution is -0.151. The Hall–Kier alpha value is -0.520. The Labute approximate surface area is 128 Å². The van der Waals surface area contributed by atoms with Gasteiger partial charge in [-0.1, -0.05) is 6.07 Å². The predicted molar refractivity (Wildman–Crippen MR) is 83.3 cm³/mol. The molecule has 1 N–H and O–H groups in total. The van der Waals surface area contributed by atoms with E-state index < -0.39 is 5.54 Å². The lowest BCUT2D eigenvalue weighted by Gasteiger charge is -2.28. The topological polar surface area (TPSA) is 38.3 Å². The summed E-state index contributed by atoms with van der Waals surface area (Å²) < 4.78 is 6.68. The van der Waals surface area contributed by atoms with E-state index in [4.69, 9.17) is 4.74 Å². The van der Waals surface area contributed by atoms with E-state index in [2.05, 4.69) is 22.8 Å². The first-order valence-electron chi connectivity index (χ1n) is 7.37. The van der Waals surface area contributed by atoms with Crippen molar-refractivity contribution in [1.82, 2.24) is 5.32 Å². The maximum Gasteiger partial charge on any atom is 0.326 e. The fourth-order valence-corrected chi connectivity index (χ4v) is 5.19. The van der Waals surface area contributed by atoms with Gasteiger partial charge in [-0.25, -0.2) is 0 Å². The standard InChI is InChI=1S/C15H21NO2S2/c1-2-18-14(17)15(16-11-5-6-11)8-7-12(10-15)20-13-4-3-9-19-13/h3-4,9,11-12,16H,2,5-8,10H2,1H3. The molecule has 2 fully saturated rings. The molecule has 2 unspecified atom stereocenters. The lowest BCUT2D eigenvalue weighted by atomic mass is 9.97. The SMILES string of the molecule is CCOC(=O)C1(NC2CC2)CCC(Sc2cccs2)C1. The molecule has 0 aliphatic heterocycles. The highest BCUT2D eigenvalue weighted by atomic mass is 32.2. The van der Waals surface area contributed by atoms with Gasteiger partial charge in [0, 0.05) is 11.3 Å². The molecule has 0 radical (unpaired) electrons. The fourth-order valence-electron chi connectivity index (χ4n) is 2.86. The van der Waals surface area contributed by atoms with Crippen LogP contribution in [-0.2, 0) is 9.53 Å². The third kappa shape index (κ3) is 3.21. The Balaban J connectivity index is 1.66. The van der Waals surface area contributed by atoms with Crippen molar-refractivity contribution < 1.29 is 9.53 Å². The molecule has 0 aromatic carbocycles. The molecule has 1 aromatic heterocycles. The molecule has 0 saturated heterocycles. The van der Waals surface area contributed by atoms with E-state index in [0.29, 0.717) is 17.9 Å². The maximum atomic E-state index is 12.4. The van der Waals surface area contributed by atoms with Crippen molar-refractivity contribution >= 4 is 29.1 Å². The van der Waals surface area contributed by atoms with Gasteiger partial charge in [0.2, 0.25) is 0 Å². The second kappa shape index (κ2) is 6.08. The van der Waals surface area contributed by atoms with Crippen molar-refractivity contribution in [2.75, 3.05) is 6.61 Å². The van der Waals surface area contributed by atoms with Crippen LogP contribution < -0.4 is 5.32 Å². The van der Waals surface area contributed by atoms with E-state index in [0.717, 1.165) is 19.3 Å². The zero-order valence-electron chi connectivity index (χ0n) is 11.8. The third-order valence-electron chi connectivity index (χ3n) is 3.97. The second-order valence-electron chi connectivity index (χ2n) is 5.64. The van der Waals surface area contributed by atoms with Gasteiger partial charge >= 0.3 is 5.97 Å². The van der Waals surface area contributed by atoms with Crippen LogP contribution in [0.25, 0.3) is 0 Å². The van der Waals surface area contributed by atoms with Crippen LogP contribution in [0, 0.1) is 0 Å². The molecule has 2 aliphatic rings. The summed E-state index contributed by atoms with van der Waals surface area (Å²) >= 11 is 3.70. The molecular weight excluding hydrogens is 290 g/mol. The van der Waals surface area contributed by atoms with Gasteiger partial charge in [0.1, 0.15) is 5.54 Å². The van der Waals surface area contributed by atoms with Crippen LogP contribution >= 0.6 is 23.1 Å². The van der Waals surface area contributed by atoms with E-state index in [1.165, 1.54) is 17.1 Å². The first-order chi connectivity index (χ1) is 9.72. The van der Waals surface area contributed by atoms with Gasteiger partial charge in [-0.15, -0.1) is 23.1 Å². The Bertz CT molecular complexity index is 458. The minimum atomic E-state index is -0.425. The number of carbonyl (C=O) groups excluding carboxylic acids is 1. The molecule has 110 valence electrons. The van der Waals surface area contributed by atoms with Crippen molar-refractivity contribution in [3.63, 3.8) is 0 Å². The molecule has 2 atom stereocenters. The van der Waals surface area contributed by atoms with Crippen LogP contribution in [0.1, 0.15) is 39.0 Å². The summed E-state index contributed by atoms with van der Waals surface area (Å²) in [6.07, 6.45) is 5.28. The Morgan fingerprint density at radius 2 is 2.40 bits per heavy atom. The van der Waals surface area contributed by atoms with Crippen molar-refractivity contribution in [3.8, 4) is 0 Å². The highest BCUT2D eigenvalue weighted by molar-refractivity contribution is 8.01. The largest absolute Gasteiger partial charge is 0.465 e. The molecule has 0 bridgehead atoms. The summed E-state index contributed by atoms with van der Waals surface area (Å²) in [6, 6.07) is 4.78. The summed E-state index contributed by atoms with van der Waals surface area (Å²) in [5.41, 5.74) is -0.425. The summed E-state index contributed by atoms with van der Waals surface area (Å²) in [5, 5.41) is 6.20. The predicted octanol–water partition coefficient (Wildman–Crippen LogP) is 3.45. The van der Waals surface area contributed by atoms with Crippen molar-refractivity contribution in [2.45, 2.75) is 60.1 Å². The number of thiophene rings is 1. The van der Waals surface area contributed by atoms with Crippen molar-refractivity contribution in [2.24, 2.45) is 0 Å². The molecule has 3 rings (SSSR count). The smallest absolute Gasteiger partial charge is 0.326 e. The number of carbonyl (C=O) groups is 1. The van der Waals surface area contributed by atoms with Crippen molar-refractivity contribution in [1.29, 1.82) is 0 Å². The van der Waals surface area contributed by atoms with Gasteiger partial charge in [-0.3, -0.25) is 10.1 Å². The molecular formula is C15H21NO2S2. The van der Waals surface area contributed by atoms with Crippen LogP contribution in [-0.4, -0.2) is 29.4 Å². The zero-order chi connectivity index (χ0) is 14.0. The molecule has 1 heterocycles. The Kier molecular flexibility index (Phi) is 4.38. The molecule has 2 saturated carbocycles. The number of nitrogens with one attached hydrogen (secondary N) is 1. The van der Waals surface area contributed by atoms with Gasteiger partial charge in [0.05, 0.1) is 10.8 Å². The lowest BCUT2D eigenvalue weighted by Crippen LogP contribution is -2.52. The molecule has 0 amide bonds. The van der Waals surface area contributed by atoms with Crippen LogP contribution in [0.5, 0.6) is 0 Å². The fraction of sp³-hybridized carbons (Fsp3) is 0.667. The molecule has 2 aliphatic carbocycles. The number of hydrogen-bond acceptors (Lipinski definition) is 5. The van der Waals surface area contributed by atoms with E-state index >= 15 is 0 Å². The average molecular weight is 311 g/mol. The Morgan fingerprint density at radius 3 is 3.05 bits per heavy atom. The van der Waals surface area contributed by atoms with E-state index in [1.807, 2.05) is 18.7 Å². The monoisotopic (exact) mass is 311 g/mol. The first kappa shape index (κ1) is 14.4. The molecule has 3 nitrogen and oxygen atoms in total. The summed E-state index contributed by atoms with van der Waals surface area (Å²) in [5.74, 6) is -0.0406. The van der Waals surface area contributed by atoms with Crippen LogP contribution in [0.2, 0.25) is 0 Å². The Morgan fingerprint density at radius 1 is 1.55 bits per heavy atom. The minimum absolute atomic E-state index is 0.0406. The van der Waals surface area contributed by atoms with Crippen LogP contribution in [0.15, 0.2) is 21.7 Å². The quantitative estimate of drug-likeness (QED) is 0.817. The number of esters is 1. The van der Waals surface area contributed by atoms with Gasteiger partial charge in [-0.2, -0.15) is 0 Å². The molecule has 1 aromatic rings. The van der Waals surface area contributed by atoms with Crippen LogP contribution in [0.3, 0.4) is 0 Å². The average Bonchev–Trinajstić information content (AvgIpc) is 2.92. The summed E-state index contributed by atoms with van der Waals surface area (Å²) in [6.45, 7) is 2.35. The van der Waals surface area contributed by atoms with E-state index in [-0.39, 0.29) is 5.97 Å². The van der Waals surface area contributed by atoms with Gasteiger partial charge < -0.3 is 4.74 Å². The second-order valence-corrected chi connectivity index (χ2v) is 8.18. The maximum absolute atomic E-state index is 12.4.